The SMILES string of the molecule is O=C(c1ccc(F)c(F)c1)N1CCCC2(C1)CN(c1ccccc1)C(=O)CO2. The number of carbonyl (C=O) groups is 2. The molecule has 5 nitrogen and oxygen atoms in total. The van der Waals surface area contributed by atoms with E-state index in [-0.39, 0.29) is 24.0 Å². The van der Waals surface area contributed by atoms with Gasteiger partial charge in [0, 0.05) is 17.8 Å². The summed E-state index contributed by atoms with van der Waals surface area (Å²) < 4.78 is 32.6. The zero-order chi connectivity index (χ0) is 19.7. The molecule has 0 radical (unpaired) electrons. The van der Waals surface area contributed by atoms with Crippen molar-refractivity contribution >= 4 is 17.5 Å². The van der Waals surface area contributed by atoms with Crippen LogP contribution in [0, 0.1) is 11.6 Å². The zero-order valence-electron chi connectivity index (χ0n) is 15.2. The molecule has 2 amide bonds. The second-order valence-corrected chi connectivity index (χ2v) is 7.25. The Bertz CT molecular complexity index is 906. The van der Waals surface area contributed by atoms with Gasteiger partial charge in [0.25, 0.3) is 11.8 Å². The Morgan fingerprint density at radius 2 is 1.82 bits per heavy atom. The van der Waals surface area contributed by atoms with Gasteiger partial charge >= 0.3 is 0 Å². The van der Waals surface area contributed by atoms with Gasteiger partial charge in [0.1, 0.15) is 12.2 Å². The molecule has 28 heavy (non-hydrogen) atoms. The number of likely N-dealkylation sites (tertiary alicyclic amines) is 1. The number of morpholine rings is 1. The predicted molar refractivity (Wildman–Crippen MR) is 99.0 cm³/mol. The Labute approximate surface area is 161 Å². The Hall–Kier alpha value is -2.80. The number of hydrogen-bond acceptors (Lipinski definition) is 3. The van der Waals surface area contributed by atoms with Gasteiger partial charge in [-0.25, -0.2) is 8.78 Å². The average Bonchev–Trinajstić information content (AvgIpc) is 2.72. The first kappa shape index (κ1) is 18.6. The number of anilines is 1. The molecule has 0 bridgehead atoms. The number of ether oxygens (including phenoxy) is 1. The minimum Gasteiger partial charge on any atom is -0.361 e. The summed E-state index contributed by atoms with van der Waals surface area (Å²) in [6, 6.07) is 12.5. The third-order valence-corrected chi connectivity index (χ3v) is 5.31. The van der Waals surface area contributed by atoms with Crippen molar-refractivity contribution in [1.29, 1.82) is 0 Å². The fraction of sp³-hybridized carbons (Fsp3) is 0.333. The van der Waals surface area contributed by atoms with Crippen molar-refractivity contribution in [2.45, 2.75) is 18.4 Å². The van der Waals surface area contributed by atoms with Crippen LogP contribution in [-0.4, -0.2) is 48.6 Å². The van der Waals surface area contributed by atoms with Gasteiger partial charge in [-0.1, -0.05) is 18.2 Å². The van der Waals surface area contributed by atoms with Crippen LogP contribution in [0.15, 0.2) is 48.5 Å². The van der Waals surface area contributed by atoms with Crippen molar-refractivity contribution < 1.29 is 23.1 Å². The van der Waals surface area contributed by atoms with Crippen molar-refractivity contribution in [2.24, 2.45) is 0 Å². The number of carbonyl (C=O) groups excluding carboxylic acids is 2. The van der Waals surface area contributed by atoms with Crippen LogP contribution in [-0.2, 0) is 9.53 Å². The fourth-order valence-electron chi connectivity index (χ4n) is 3.89. The molecule has 2 saturated heterocycles. The summed E-state index contributed by atoms with van der Waals surface area (Å²) in [6.07, 6.45) is 1.41. The van der Waals surface area contributed by atoms with Crippen molar-refractivity contribution in [3.8, 4) is 0 Å². The maximum absolute atomic E-state index is 13.5. The lowest BCUT2D eigenvalue weighted by atomic mass is 9.90. The lowest BCUT2D eigenvalue weighted by molar-refractivity contribution is -0.144. The Balaban J connectivity index is 1.54. The molecule has 2 aliphatic heterocycles. The first-order chi connectivity index (χ1) is 13.5. The van der Waals surface area contributed by atoms with Gasteiger partial charge in [0.15, 0.2) is 11.6 Å². The van der Waals surface area contributed by atoms with Gasteiger partial charge in [-0.3, -0.25) is 9.59 Å². The van der Waals surface area contributed by atoms with Crippen LogP contribution in [0.1, 0.15) is 23.2 Å². The maximum Gasteiger partial charge on any atom is 0.254 e. The summed E-state index contributed by atoms with van der Waals surface area (Å²) in [4.78, 5) is 28.5. The summed E-state index contributed by atoms with van der Waals surface area (Å²) in [5, 5.41) is 0. The molecule has 2 aliphatic rings. The standard InChI is InChI=1S/C21H20F2N2O3/c22-17-8-7-15(11-18(17)23)20(27)24-10-4-9-21(13-24)14-25(19(26)12-28-21)16-5-2-1-3-6-16/h1-3,5-8,11H,4,9-10,12-14H2. The molecule has 2 aromatic carbocycles. The van der Waals surface area contributed by atoms with E-state index in [0.29, 0.717) is 32.5 Å². The highest BCUT2D eigenvalue weighted by Crippen LogP contribution is 2.32. The summed E-state index contributed by atoms with van der Waals surface area (Å²) in [5.41, 5.74) is 0.220. The minimum absolute atomic E-state index is 0.0535. The molecule has 0 aromatic heterocycles. The molecule has 2 fully saturated rings. The van der Waals surface area contributed by atoms with E-state index < -0.39 is 17.2 Å². The van der Waals surface area contributed by atoms with Crippen LogP contribution in [0.2, 0.25) is 0 Å². The molecule has 1 unspecified atom stereocenters. The fourth-order valence-corrected chi connectivity index (χ4v) is 3.89. The molecule has 1 atom stereocenters. The van der Waals surface area contributed by atoms with Gasteiger partial charge in [-0.05, 0) is 43.2 Å². The lowest BCUT2D eigenvalue weighted by Gasteiger charge is -2.47. The van der Waals surface area contributed by atoms with Crippen molar-refractivity contribution in [2.75, 3.05) is 31.1 Å². The second-order valence-electron chi connectivity index (χ2n) is 7.25. The zero-order valence-corrected chi connectivity index (χ0v) is 15.2. The van der Waals surface area contributed by atoms with Crippen LogP contribution < -0.4 is 4.90 Å². The van der Waals surface area contributed by atoms with Crippen LogP contribution in [0.4, 0.5) is 14.5 Å². The first-order valence-electron chi connectivity index (χ1n) is 9.21. The van der Waals surface area contributed by atoms with Crippen molar-refractivity contribution in [3.63, 3.8) is 0 Å². The summed E-state index contributed by atoms with van der Waals surface area (Å²) >= 11 is 0. The topological polar surface area (TPSA) is 49.9 Å². The highest BCUT2D eigenvalue weighted by Gasteiger charge is 2.44. The van der Waals surface area contributed by atoms with E-state index >= 15 is 0 Å². The van der Waals surface area contributed by atoms with Crippen molar-refractivity contribution in [3.05, 3.63) is 65.7 Å². The molecule has 2 aromatic rings. The number of amides is 2. The number of rotatable bonds is 2. The van der Waals surface area contributed by atoms with E-state index in [1.54, 1.807) is 9.80 Å². The number of halogens is 2. The quantitative estimate of drug-likeness (QED) is 0.797. The van der Waals surface area contributed by atoms with Gasteiger partial charge in [0.05, 0.1) is 13.1 Å². The Morgan fingerprint density at radius 3 is 2.57 bits per heavy atom. The number of benzene rings is 2. The van der Waals surface area contributed by atoms with E-state index in [9.17, 15) is 18.4 Å². The monoisotopic (exact) mass is 386 g/mol. The van der Waals surface area contributed by atoms with Gasteiger partial charge in [-0.2, -0.15) is 0 Å². The third-order valence-electron chi connectivity index (χ3n) is 5.31. The molecule has 7 heteroatoms. The highest BCUT2D eigenvalue weighted by atomic mass is 19.2. The van der Waals surface area contributed by atoms with Crippen LogP contribution in [0.5, 0.6) is 0 Å². The maximum atomic E-state index is 13.5. The molecule has 146 valence electrons. The molecule has 1 spiro atoms. The first-order valence-corrected chi connectivity index (χ1v) is 9.21. The van der Waals surface area contributed by atoms with Crippen LogP contribution >= 0.6 is 0 Å². The van der Waals surface area contributed by atoms with Crippen molar-refractivity contribution in [1.82, 2.24) is 4.90 Å². The van der Waals surface area contributed by atoms with Crippen LogP contribution in [0.3, 0.4) is 0 Å². The molecule has 0 N–H and O–H groups in total. The van der Waals surface area contributed by atoms with Crippen LogP contribution in [0.25, 0.3) is 0 Å². The smallest absolute Gasteiger partial charge is 0.254 e. The van der Waals surface area contributed by atoms with E-state index in [2.05, 4.69) is 0 Å². The summed E-state index contributed by atoms with van der Waals surface area (Å²) in [7, 11) is 0. The lowest BCUT2D eigenvalue weighted by Crippen LogP contribution is -2.62. The Morgan fingerprint density at radius 1 is 1.04 bits per heavy atom. The minimum atomic E-state index is -1.05. The van der Waals surface area contributed by atoms with E-state index in [1.165, 1.54) is 6.07 Å². The largest absolute Gasteiger partial charge is 0.361 e. The van der Waals surface area contributed by atoms with E-state index in [1.807, 2.05) is 30.3 Å². The van der Waals surface area contributed by atoms with Gasteiger partial charge < -0.3 is 14.5 Å². The van der Waals surface area contributed by atoms with E-state index in [0.717, 1.165) is 17.8 Å². The van der Waals surface area contributed by atoms with Gasteiger partial charge in [-0.15, -0.1) is 0 Å². The summed E-state index contributed by atoms with van der Waals surface area (Å²) in [5.74, 6) is -2.53. The molecule has 0 saturated carbocycles. The number of hydrogen-bond donors (Lipinski definition) is 0. The molecule has 4 rings (SSSR count). The molecular weight excluding hydrogens is 366 g/mol. The number of para-hydroxylation sites is 1. The number of nitrogens with zero attached hydrogens (tertiary/aromatic N) is 2. The van der Waals surface area contributed by atoms with E-state index in [4.69, 9.17) is 4.74 Å². The van der Waals surface area contributed by atoms with Gasteiger partial charge in [0.2, 0.25) is 0 Å². The summed E-state index contributed by atoms with van der Waals surface area (Å²) in [6.45, 7) is 1.09. The molecule has 0 aliphatic carbocycles. The highest BCUT2D eigenvalue weighted by molar-refractivity contribution is 5.96. The molecular formula is C21H20F2N2O3. The molecule has 2 heterocycles. The predicted octanol–water partition coefficient (Wildman–Crippen LogP) is 3.00. The number of piperidine rings is 1. The third kappa shape index (κ3) is 3.49. The Kier molecular flexibility index (Phi) is 4.85. The second kappa shape index (κ2) is 7.31. The normalized spacial score (nSPS) is 22.6. The average molecular weight is 386 g/mol.